The molecule has 0 bridgehead atoms. The molecule has 3 aromatic rings. The fraction of sp³-hybridized carbons (Fsp3) is 0. The lowest BCUT2D eigenvalue weighted by Gasteiger charge is -2.03. The Morgan fingerprint density at radius 1 is 0.938 bits per heavy atom. The van der Waals surface area contributed by atoms with Crippen molar-refractivity contribution in [1.29, 1.82) is 0 Å². The van der Waals surface area contributed by atoms with Crippen LogP contribution in [0.25, 0.3) is 16.7 Å². The van der Waals surface area contributed by atoms with Gasteiger partial charge in [-0.05, 0) is 30.3 Å². The number of benzene rings is 1. The summed E-state index contributed by atoms with van der Waals surface area (Å²) in [6.07, 6.45) is 2.00. The van der Waals surface area contributed by atoms with Gasteiger partial charge in [-0.15, -0.1) is 0 Å². The van der Waals surface area contributed by atoms with Crippen LogP contribution in [-0.2, 0) is 0 Å². The summed E-state index contributed by atoms with van der Waals surface area (Å²) < 4.78 is 2.03. The van der Waals surface area contributed by atoms with Gasteiger partial charge >= 0.3 is 0 Å². The van der Waals surface area contributed by atoms with E-state index in [1.807, 2.05) is 53.2 Å². The van der Waals surface area contributed by atoms with Crippen molar-refractivity contribution in [2.45, 2.75) is 0 Å². The van der Waals surface area contributed by atoms with Crippen molar-refractivity contribution in [2.24, 2.45) is 0 Å². The Balaban J connectivity index is 2.29. The van der Waals surface area contributed by atoms with Crippen molar-refractivity contribution in [2.75, 3.05) is 0 Å². The molecule has 16 heavy (non-hydrogen) atoms. The molecule has 2 aromatic heterocycles. The second kappa shape index (κ2) is 3.65. The highest BCUT2D eigenvalue weighted by Crippen LogP contribution is 2.20. The minimum atomic E-state index is 0.517. The molecule has 0 spiro atoms. The number of hydrogen-bond acceptors (Lipinski definition) is 1. The third-order valence-corrected chi connectivity index (χ3v) is 2.75. The first-order valence-corrected chi connectivity index (χ1v) is 5.41. The fourth-order valence-electron chi connectivity index (χ4n) is 1.78. The number of rotatable bonds is 1. The van der Waals surface area contributed by atoms with E-state index < -0.39 is 0 Å². The van der Waals surface area contributed by atoms with Crippen molar-refractivity contribution in [3.63, 3.8) is 0 Å². The molecule has 0 saturated carbocycles. The SMILES string of the molecule is Clc1ccc2ccn(-c3ccccc3)c2n1. The lowest BCUT2D eigenvalue weighted by Crippen LogP contribution is -1.92. The second-order valence-corrected chi connectivity index (χ2v) is 3.96. The Morgan fingerprint density at radius 3 is 2.56 bits per heavy atom. The molecule has 3 heteroatoms. The van der Waals surface area contributed by atoms with E-state index in [-0.39, 0.29) is 0 Å². The van der Waals surface area contributed by atoms with Crippen LogP contribution in [0.5, 0.6) is 0 Å². The highest BCUT2D eigenvalue weighted by Gasteiger charge is 2.04. The molecule has 0 amide bonds. The average molecular weight is 229 g/mol. The molecule has 0 atom stereocenters. The minimum absolute atomic E-state index is 0.517. The van der Waals surface area contributed by atoms with Gasteiger partial charge in [0.2, 0.25) is 0 Å². The standard InChI is InChI=1S/C13H9ClN2/c14-12-7-6-10-8-9-16(13(10)15-12)11-4-2-1-3-5-11/h1-9H. The molecular weight excluding hydrogens is 220 g/mol. The van der Waals surface area contributed by atoms with E-state index >= 15 is 0 Å². The molecule has 78 valence electrons. The van der Waals surface area contributed by atoms with Crippen molar-refractivity contribution < 1.29 is 0 Å². The zero-order valence-electron chi connectivity index (χ0n) is 8.47. The van der Waals surface area contributed by atoms with Crippen molar-refractivity contribution in [1.82, 2.24) is 9.55 Å². The first kappa shape index (κ1) is 9.43. The van der Waals surface area contributed by atoms with Crippen LogP contribution in [0, 0.1) is 0 Å². The molecule has 2 heterocycles. The largest absolute Gasteiger partial charge is 0.301 e. The molecule has 0 aliphatic rings. The molecule has 0 aliphatic carbocycles. The lowest BCUT2D eigenvalue weighted by atomic mass is 10.3. The van der Waals surface area contributed by atoms with Crippen LogP contribution in [0.3, 0.4) is 0 Å². The third-order valence-electron chi connectivity index (χ3n) is 2.54. The Hall–Kier alpha value is -1.80. The van der Waals surface area contributed by atoms with E-state index in [0.717, 1.165) is 16.7 Å². The van der Waals surface area contributed by atoms with E-state index in [4.69, 9.17) is 11.6 Å². The summed E-state index contributed by atoms with van der Waals surface area (Å²) in [5.74, 6) is 0. The van der Waals surface area contributed by atoms with Crippen LogP contribution >= 0.6 is 11.6 Å². The monoisotopic (exact) mass is 228 g/mol. The summed E-state index contributed by atoms with van der Waals surface area (Å²) in [4.78, 5) is 4.34. The predicted molar refractivity (Wildman–Crippen MR) is 66.1 cm³/mol. The number of para-hydroxylation sites is 1. The molecule has 0 saturated heterocycles. The van der Waals surface area contributed by atoms with E-state index in [1.54, 1.807) is 6.07 Å². The topological polar surface area (TPSA) is 17.8 Å². The number of aromatic nitrogens is 2. The van der Waals surface area contributed by atoms with Gasteiger partial charge in [-0.2, -0.15) is 0 Å². The summed E-state index contributed by atoms with van der Waals surface area (Å²) in [6.45, 7) is 0. The van der Waals surface area contributed by atoms with E-state index in [1.165, 1.54) is 0 Å². The number of halogens is 1. The van der Waals surface area contributed by atoms with Gasteiger partial charge in [-0.1, -0.05) is 29.8 Å². The van der Waals surface area contributed by atoms with Crippen LogP contribution in [0.1, 0.15) is 0 Å². The van der Waals surface area contributed by atoms with Crippen LogP contribution < -0.4 is 0 Å². The zero-order valence-corrected chi connectivity index (χ0v) is 9.22. The number of hydrogen-bond donors (Lipinski definition) is 0. The molecular formula is C13H9ClN2. The van der Waals surface area contributed by atoms with Gasteiger partial charge < -0.3 is 4.57 Å². The Kier molecular flexibility index (Phi) is 2.15. The first-order valence-electron chi connectivity index (χ1n) is 5.03. The summed E-state index contributed by atoms with van der Waals surface area (Å²) in [5, 5.41) is 1.61. The van der Waals surface area contributed by atoms with Gasteiger partial charge in [0.05, 0.1) is 0 Å². The van der Waals surface area contributed by atoms with Crippen molar-refractivity contribution in [3.8, 4) is 5.69 Å². The summed E-state index contributed by atoms with van der Waals surface area (Å²) in [6, 6.07) is 15.9. The normalized spacial score (nSPS) is 10.8. The first-order chi connectivity index (χ1) is 7.84. The summed E-state index contributed by atoms with van der Waals surface area (Å²) >= 11 is 5.91. The van der Waals surface area contributed by atoms with Crippen molar-refractivity contribution in [3.05, 3.63) is 59.9 Å². The van der Waals surface area contributed by atoms with Gasteiger partial charge in [0, 0.05) is 17.3 Å². The average Bonchev–Trinajstić information content (AvgIpc) is 2.73. The third kappa shape index (κ3) is 1.48. The molecule has 0 N–H and O–H groups in total. The number of fused-ring (bicyclic) bond motifs is 1. The van der Waals surface area contributed by atoms with Gasteiger partial charge in [0.15, 0.2) is 0 Å². The summed E-state index contributed by atoms with van der Waals surface area (Å²) in [7, 11) is 0. The van der Waals surface area contributed by atoms with Crippen LogP contribution in [0.4, 0.5) is 0 Å². The molecule has 2 nitrogen and oxygen atoms in total. The maximum atomic E-state index is 5.91. The Morgan fingerprint density at radius 2 is 1.75 bits per heavy atom. The molecule has 0 fully saturated rings. The van der Waals surface area contributed by atoms with Crippen LogP contribution in [0.2, 0.25) is 5.15 Å². The second-order valence-electron chi connectivity index (χ2n) is 3.57. The predicted octanol–water partition coefficient (Wildman–Crippen LogP) is 3.68. The number of pyridine rings is 1. The molecule has 0 unspecified atom stereocenters. The van der Waals surface area contributed by atoms with Crippen LogP contribution in [-0.4, -0.2) is 9.55 Å². The van der Waals surface area contributed by atoms with Gasteiger partial charge in [0.25, 0.3) is 0 Å². The van der Waals surface area contributed by atoms with E-state index in [0.29, 0.717) is 5.15 Å². The Bertz CT molecular complexity index is 629. The Labute approximate surface area is 98.1 Å². The van der Waals surface area contributed by atoms with Gasteiger partial charge in [-0.3, -0.25) is 0 Å². The van der Waals surface area contributed by atoms with Gasteiger partial charge in [0.1, 0.15) is 10.8 Å². The highest BCUT2D eigenvalue weighted by molar-refractivity contribution is 6.29. The highest BCUT2D eigenvalue weighted by atomic mass is 35.5. The molecule has 1 aromatic carbocycles. The quantitative estimate of drug-likeness (QED) is 0.581. The number of nitrogens with zero attached hydrogens (tertiary/aromatic N) is 2. The maximum Gasteiger partial charge on any atom is 0.146 e. The lowest BCUT2D eigenvalue weighted by molar-refractivity contribution is 1.09. The molecule has 0 radical (unpaired) electrons. The van der Waals surface area contributed by atoms with Gasteiger partial charge in [-0.25, -0.2) is 4.98 Å². The molecule has 3 rings (SSSR count). The smallest absolute Gasteiger partial charge is 0.146 e. The van der Waals surface area contributed by atoms with Crippen LogP contribution in [0.15, 0.2) is 54.7 Å². The maximum absolute atomic E-state index is 5.91. The van der Waals surface area contributed by atoms with Crippen molar-refractivity contribution >= 4 is 22.6 Å². The fourth-order valence-corrected chi connectivity index (χ4v) is 1.92. The minimum Gasteiger partial charge on any atom is -0.301 e. The van der Waals surface area contributed by atoms with E-state index in [9.17, 15) is 0 Å². The van der Waals surface area contributed by atoms with E-state index in [2.05, 4.69) is 4.98 Å². The molecule has 0 aliphatic heterocycles. The zero-order chi connectivity index (χ0) is 11.0. The summed E-state index contributed by atoms with van der Waals surface area (Å²) in [5.41, 5.74) is 1.98.